The molecule has 1 aliphatic heterocycles. The highest BCUT2D eigenvalue weighted by Crippen LogP contribution is 2.33. The Hall–Kier alpha value is -3.05. The van der Waals surface area contributed by atoms with E-state index in [1.165, 1.54) is 11.3 Å². The quantitative estimate of drug-likeness (QED) is 0.534. The summed E-state index contributed by atoms with van der Waals surface area (Å²) in [7, 11) is 0. The first-order valence-electron chi connectivity index (χ1n) is 8.76. The number of halogens is 1. The Morgan fingerprint density at radius 3 is 2.74 bits per heavy atom. The molecule has 1 aliphatic rings. The number of pyridine rings is 1. The van der Waals surface area contributed by atoms with Crippen molar-refractivity contribution in [2.45, 2.75) is 13.0 Å². The summed E-state index contributed by atoms with van der Waals surface area (Å²) in [6.45, 7) is 1.64. The Labute approximate surface area is 160 Å². The number of benzene rings is 2. The second-order valence-corrected chi connectivity index (χ2v) is 7.25. The van der Waals surface area contributed by atoms with Crippen LogP contribution in [0.1, 0.15) is 21.6 Å². The van der Waals surface area contributed by atoms with E-state index in [0.717, 1.165) is 47.0 Å². The lowest BCUT2D eigenvalue weighted by Crippen LogP contribution is -2.30. The van der Waals surface area contributed by atoms with Crippen LogP contribution in [-0.2, 0) is 13.0 Å². The zero-order chi connectivity index (χ0) is 18.5. The molecule has 0 fully saturated rings. The maximum atomic E-state index is 11.1. The van der Waals surface area contributed by atoms with E-state index in [1.54, 1.807) is 12.1 Å². The first kappa shape index (κ1) is 16.1. The van der Waals surface area contributed by atoms with Crippen molar-refractivity contribution < 1.29 is 9.90 Å². The summed E-state index contributed by atoms with van der Waals surface area (Å²) in [5, 5.41) is 12.0. The summed E-state index contributed by atoms with van der Waals surface area (Å²) < 4.78 is 0. The molecule has 3 heterocycles. The topological polar surface area (TPSA) is 69.2 Å². The number of H-pyrrole nitrogens is 1. The van der Waals surface area contributed by atoms with Crippen molar-refractivity contribution >= 4 is 45.1 Å². The summed E-state index contributed by atoms with van der Waals surface area (Å²) in [6.07, 6.45) is 2.82. The minimum atomic E-state index is -0.905. The maximum Gasteiger partial charge on any atom is 0.335 e. The molecule has 0 unspecified atom stereocenters. The van der Waals surface area contributed by atoms with Gasteiger partial charge in [0.1, 0.15) is 0 Å². The molecular formula is C21H16ClN3O2. The number of nitrogens with zero attached hydrogens (tertiary/aromatic N) is 2. The normalized spacial score (nSPS) is 13.9. The lowest BCUT2D eigenvalue weighted by Gasteiger charge is -2.29. The van der Waals surface area contributed by atoms with E-state index in [4.69, 9.17) is 16.7 Å². The Balaban J connectivity index is 1.56. The molecule has 0 radical (unpaired) electrons. The van der Waals surface area contributed by atoms with Gasteiger partial charge in [-0.2, -0.15) is 0 Å². The molecule has 5 rings (SSSR count). The fourth-order valence-electron chi connectivity index (χ4n) is 3.86. The van der Waals surface area contributed by atoms with Gasteiger partial charge >= 0.3 is 5.97 Å². The van der Waals surface area contributed by atoms with E-state index in [-0.39, 0.29) is 0 Å². The van der Waals surface area contributed by atoms with Gasteiger partial charge in [-0.3, -0.25) is 4.98 Å². The average molecular weight is 378 g/mol. The number of hydrogen-bond donors (Lipinski definition) is 2. The summed E-state index contributed by atoms with van der Waals surface area (Å²) in [4.78, 5) is 21.5. The van der Waals surface area contributed by atoms with Crippen LogP contribution in [0.3, 0.4) is 0 Å². The van der Waals surface area contributed by atoms with Crippen LogP contribution < -0.4 is 4.90 Å². The smallest absolute Gasteiger partial charge is 0.335 e. The first-order valence-corrected chi connectivity index (χ1v) is 9.14. The summed E-state index contributed by atoms with van der Waals surface area (Å²) in [6, 6.07) is 12.8. The summed E-state index contributed by atoms with van der Waals surface area (Å²) in [5.74, 6) is -0.905. The maximum absolute atomic E-state index is 11.1. The van der Waals surface area contributed by atoms with Crippen molar-refractivity contribution in [1.29, 1.82) is 0 Å². The summed E-state index contributed by atoms with van der Waals surface area (Å²) >= 11 is 6.09. The summed E-state index contributed by atoms with van der Waals surface area (Å²) in [5.41, 5.74) is 5.81. The van der Waals surface area contributed by atoms with Crippen LogP contribution in [0.2, 0.25) is 5.02 Å². The first-order chi connectivity index (χ1) is 13.1. The fraction of sp³-hybridized carbons (Fsp3) is 0.143. The van der Waals surface area contributed by atoms with Crippen LogP contribution in [0, 0.1) is 0 Å². The number of carbonyl (C=O) groups is 1. The third-order valence-corrected chi connectivity index (χ3v) is 5.49. The highest BCUT2D eigenvalue weighted by molar-refractivity contribution is 6.31. The number of anilines is 1. The Morgan fingerprint density at radius 1 is 1.15 bits per heavy atom. The van der Waals surface area contributed by atoms with Crippen LogP contribution >= 0.6 is 11.6 Å². The largest absolute Gasteiger partial charge is 0.478 e. The molecule has 2 N–H and O–H groups in total. The number of carboxylic acid groups (broad SMARTS) is 1. The van der Waals surface area contributed by atoms with E-state index >= 15 is 0 Å². The SMILES string of the molecule is O=C(O)c1ccc(N2CCc3[nH]c4c(cnc5cc(Cl)ccc54)c3C2)cc1. The molecule has 27 heavy (non-hydrogen) atoms. The van der Waals surface area contributed by atoms with Gasteiger partial charge in [0.15, 0.2) is 0 Å². The zero-order valence-electron chi connectivity index (χ0n) is 14.4. The number of nitrogens with one attached hydrogen (secondary N) is 1. The predicted molar refractivity (Wildman–Crippen MR) is 107 cm³/mol. The molecule has 0 atom stereocenters. The standard InChI is InChI=1S/C21H16ClN3O2/c22-13-3-6-15-19(9-13)23-10-16-17-11-25(8-7-18(17)24-20(15)16)14-4-1-12(2-5-14)21(26)27/h1-6,9-10,24H,7-8,11H2,(H,26,27). The van der Waals surface area contributed by atoms with Gasteiger partial charge in [-0.25, -0.2) is 4.79 Å². The van der Waals surface area contributed by atoms with Crippen molar-refractivity contribution in [2.75, 3.05) is 11.4 Å². The van der Waals surface area contributed by atoms with Crippen molar-refractivity contribution in [3.05, 3.63) is 70.5 Å². The third-order valence-electron chi connectivity index (χ3n) is 5.26. The molecule has 2 aromatic carbocycles. The van der Waals surface area contributed by atoms with Gasteiger partial charge in [-0.15, -0.1) is 0 Å². The van der Waals surface area contributed by atoms with Crippen LogP contribution in [0.25, 0.3) is 21.8 Å². The minimum Gasteiger partial charge on any atom is -0.478 e. The fourth-order valence-corrected chi connectivity index (χ4v) is 4.03. The molecule has 0 saturated heterocycles. The van der Waals surface area contributed by atoms with E-state index in [2.05, 4.69) is 14.9 Å². The molecule has 0 bridgehead atoms. The zero-order valence-corrected chi connectivity index (χ0v) is 15.1. The second-order valence-electron chi connectivity index (χ2n) is 6.81. The number of fused-ring (bicyclic) bond motifs is 5. The number of hydrogen-bond acceptors (Lipinski definition) is 3. The van der Waals surface area contributed by atoms with Crippen molar-refractivity contribution in [3.63, 3.8) is 0 Å². The number of aromatic carboxylic acids is 1. The van der Waals surface area contributed by atoms with Crippen molar-refractivity contribution in [1.82, 2.24) is 9.97 Å². The number of carboxylic acids is 1. The lowest BCUT2D eigenvalue weighted by atomic mass is 10.0. The Kier molecular flexibility index (Phi) is 3.58. The second kappa shape index (κ2) is 5.99. The van der Waals surface area contributed by atoms with Gasteiger partial charge in [-0.1, -0.05) is 11.6 Å². The van der Waals surface area contributed by atoms with Crippen molar-refractivity contribution in [2.24, 2.45) is 0 Å². The van der Waals surface area contributed by atoms with E-state index in [0.29, 0.717) is 10.6 Å². The number of rotatable bonds is 2. The van der Waals surface area contributed by atoms with E-state index in [9.17, 15) is 4.79 Å². The van der Waals surface area contributed by atoms with E-state index in [1.807, 2.05) is 36.5 Å². The Bertz CT molecular complexity index is 1200. The molecule has 5 nitrogen and oxygen atoms in total. The van der Waals surface area contributed by atoms with Gasteiger partial charge in [-0.05, 0) is 42.5 Å². The number of aromatic amines is 1. The molecule has 0 saturated carbocycles. The van der Waals surface area contributed by atoms with Crippen LogP contribution in [0.5, 0.6) is 0 Å². The highest BCUT2D eigenvalue weighted by atomic mass is 35.5. The molecule has 4 aromatic rings. The molecule has 0 amide bonds. The molecule has 134 valence electrons. The van der Waals surface area contributed by atoms with Crippen LogP contribution in [-0.4, -0.2) is 27.6 Å². The molecule has 2 aromatic heterocycles. The minimum absolute atomic E-state index is 0.304. The molecule has 0 aliphatic carbocycles. The van der Waals surface area contributed by atoms with Gasteiger partial charge in [0.25, 0.3) is 0 Å². The third kappa shape index (κ3) is 2.62. The van der Waals surface area contributed by atoms with Gasteiger partial charge in [0.05, 0.1) is 16.6 Å². The Morgan fingerprint density at radius 2 is 1.96 bits per heavy atom. The van der Waals surface area contributed by atoms with Crippen LogP contribution in [0.4, 0.5) is 5.69 Å². The molecule has 0 spiro atoms. The average Bonchev–Trinajstić information content (AvgIpc) is 3.06. The van der Waals surface area contributed by atoms with Crippen LogP contribution in [0.15, 0.2) is 48.7 Å². The van der Waals surface area contributed by atoms with Gasteiger partial charge < -0.3 is 15.0 Å². The van der Waals surface area contributed by atoms with E-state index < -0.39 is 5.97 Å². The highest BCUT2D eigenvalue weighted by Gasteiger charge is 2.22. The molecule has 6 heteroatoms. The van der Waals surface area contributed by atoms with Gasteiger partial charge in [0.2, 0.25) is 0 Å². The van der Waals surface area contributed by atoms with Crippen molar-refractivity contribution in [3.8, 4) is 0 Å². The number of aromatic nitrogens is 2. The lowest BCUT2D eigenvalue weighted by molar-refractivity contribution is 0.0697. The monoisotopic (exact) mass is 377 g/mol. The molecular weight excluding hydrogens is 362 g/mol. The predicted octanol–water partition coefficient (Wildman–Crippen LogP) is 4.63. The van der Waals surface area contributed by atoms with Gasteiger partial charge in [0, 0.05) is 58.4 Å².